The first-order valence-corrected chi connectivity index (χ1v) is 10.2. The molecule has 0 bridgehead atoms. The Kier molecular flexibility index (Phi) is 5.27. The lowest BCUT2D eigenvalue weighted by molar-refractivity contribution is 0.0785. The number of hydrogen-bond acceptors (Lipinski definition) is 5. The molecular formula is C21H22ClN3O2S. The molecule has 1 aromatic carbocycles. The molecule has 2 aliphatic rings. The van der Waals surface area contributed by atoms with Crippen LogP contribution in [0.4, 0.5) is 0 Å². The van der Waals surface area contributed by atoms with Crippen molar-refractivity contribution in [3.8, 4) is 22.0 Å². The van der Waals surface area contributed by atoms with Gasteiger partial charge in [-0.15, -0.1) is 23.7 Å². The van der Waals surface area contributed by atoms with E-state index in [1.807, 2.05) is 47.4 Å². The molecule has 2 N–H and O–H groups in total. The van der Waals surface area contributed by atoms with Gasteiger partial charge in [-0.1, -0.05) is 30.3 Å². The molecule has 5 rings (SSSR count). The highest BCUT2D eigenvalue weighted by molar-refractivity contribution is 7.17. The SMILES string of the molecule is Cl.NC1CCC2CN(C(=O)c3sc(-c4ccco4)nc3-c3ccccc3)CC12. The quantitative estimate of drug-likeness (QED) is 0.692. The lowest BCUT2D eigenvalue weighted by Gasteiger charge is -2.18. The molecule has 28 heavy (non-hydrogen) atoms. The van der Waals surface area contributed by atoms with Gasteiger partial charge in [-0.25, -0.2) is 4.98 Å². The van der Waals surface area contributed by atoms with E-state index in [1.165, 1.54) is 11.3 Å². The maximum absolute atomic E-state index is 13.4. The number of nitrogens with zero attached hydrogens (tertiary/aromatic N) is 2. The Morgan fingerprint density at radius 1 is 1.14 bits per heavy atom. The summed E-state index contributed by atoms with van der Waals surface area (Å²) in [5, 5.41) is 0.735. The summed E-state index contributed by atoms with van der Waals surface area (Å²) in [4.78, 5) is 20.8. The minimum atomic E-state index is 0. The maximum atomic E-state index is 13.4. The zero-order chi connectivity index (χ0) is 18.4. The van der Waals surface area contributed by atoms with Gasteiger partial charge in [0.1, 0.15) is 4.88 Å². The van der Waals surface area contributed by atoms with E-state index >= 15 is 0 Å². The van der Waals surface area contributed by atoms with E-state index in [1.54, 1.807) is 6.26 Å². The topological polar surface area (TPSA) is 72.4 Å². The third-order valence-corrected chi connectivity index (χ3v) is 6.86. The van der Waals surface area contributed by atoms with E-state index in [4.69, 9.17) is 15.1 Å². The number of rotatable bonds is 3. The van der Waals surface area contributed by atoms with E-state index in [0.29, 0.717) is 22.5 Å². The van der Waals surface area contributed by atoms with Crippen LogP contribution in [0.15, 0.2) is 53.1 Å². The van der Waals surface area contributed by atoms with Gasteiger partial charge in [0.15, 0.2) is 10.8 Å². The molecule has 0 radical (unpaired) electrons. The molecule has 1 saturated heterocycles. The number of aromatic nitrogens is 1. The smallest absolute Gasteiger partial charge is 0.266 e. The average molecular weight is 416 g/mol. The van der Waals surface area contributed by atoms with Crippen molar-refractivity contribution in [3.63, 3.8) is 0 Å². The van der Waals surface area contributed by atoms with Crippen molar-refractivity contribution in [2.45, 2.75) is 18.9 Å². The van der Waals surface area contributed by atoms with Crippen molar-refractivity contribution >= 4 is 29.7 Å². The molecule has 146 valence electrons. The fourth-order valence-electron chi connectivity index (χ4n) is 4.38. The molecule has 1 aliphatic carbocycles. The molecular weight excluding hydrogens is 394 g/mol. The summed E-state index contributed by atoms with van der Waals surface area (Å²) in [7, 11) is 0. The molecule has 1 amide bonds. The van der Waals surface area contributed by atoms with E-state index in [-0.39, 0.29) is 24.4 Å². The number of likely N-dealkylation sites (tertiary alicyclic amines) is 1. The van der Waals surface area contributed by atoms with Crippen LogP contribution in [-0.2, 0) is 0 Å². The van der Waals surface area contributed by atoms with Crippen LogP contribution in [0.2, 0.25) is 0 Å². The number of hydrogen-bond donors (Lipinski definition) is 1. The molecule has 2 aromatic heterocycles. The summed E-state index contributed by atoms with van der Waals surface area (Å²) < 4.78 is 5.51. The summed E-state index contributed by atoms with van der Waals surface area (Å²) >= 11 is 1.41. The average Bonchev–Trinajstić information content (AvgIpc) is 3.47. The highest BCUT2D eigenvalue weighted by atomic mass is 35.5. The first-order chi connectivity index (χ1) is 13.2. The van der Waals surface area contributed by atoms with Crippen LogP contribution in [0.1, 0.15) is 22.5 Å². The van der Waals surface area contributed by atoms with Crippen LogP contribution < -0.4 is 5.73 Å². The number of amides is 1. The van der Waals surface area contributed by atoms with Crippen LogP contribution >= 0.6 is 23.7 Å². The predicted octanol–water partition coefficient (Wildman–Crippen LogP) is 4.30. The van der Waals surface area contributed by atoms with Crippen molar-refractivity contribution in [1.29, 1.82) is 0 Å². The van der Waals surface area contributed by atoms with Crippen LogP contribution in [0.3, 0.4) is 0 Å². The number of halogens is 1. The Labute approximate surface area is 174 Å². The van der Waals surface area contributed by atoms with Crippen LogP contribution in [0, 0.1) is 11.8 Å². The van der Waals surface area contributed by atoms with Crippen molar-refractivity contribution in [2.24, 2.45) is 17.6 Å². The Morgan fingerprint density at radius 2 is 1.96 bits per heavy atom. The minimum Gasteiger partial charge on any atom is -0.462 e. The van der Waals surface area contributed by atoms with Gasteiger partial charge in [-0.05, 0) is 36.8 Å². The van der Waals surface area contributed by atoms with Crippen molar-refractivity contribution in [1.82, 2.24) is 9.88 Å². The van der Waals surface area contributed by atoms with Gasteiger partial charge in [0.25, 0.3) is 5.91 Å². The third-order valence-electron chi connectivity index (χ3n) is 5.80. The highest BCUT2D eigenvalue weighted by Gasteiger charge is 2.43. The Bertz CT molecular complexity index is 957. The maximum Gasteiger partial charge on any atom is 0.266 e. The van der Waals surface area contributed by atoms with Gasteiger partial charge >= 0.3 is 0 Å². The second kappa shape index (κ2) is 7.70. The number of furan rings is 1. The highest BCUT2D eigenvalue weighted by Crippen LogP contribution is 2.40. The van der Waals surface area contributed by atoms with E-state index in [2.05, 4.69) is 0 Å². The number of carbonyl (C=O) groups is 1. The molecule has 1 saturated carbocycles. The fourth-order valence-corrected chi connectivity index (χ4v) is 5.40. The summed E-state index contributed by atoms with van der Waals surface area (Å²) in [6, 6.07) is 13.8. The summed E-state index contributed by atoms with van der Waals surface area (Å²) in [6.07, 6.45) is 3.83. The van der Waals surface area contributed by atoms with Gasteiger partial charge in [0.2, 0.25) is 0 Å². The monoisotopic (exact) mass is 415 g/mol. The summed E-state index contributed by atoms with van der Waals surface area (Å²) in [6.45, 7) is 1.56. The van der Waals surface area contributed by atoms with Crippen molar-refractivity contribution in [2.75, 3.05) is 13.1 Å². The molecule has 7 heteroatoms. The second-order valence-electron chi connectivity index (χ2n) is 7.42. The summed E-state index contributed by atoms with van der Waals surface area (Å²) in [5.74, 6) is 1.73. The number of carbonyl (C=O) groups excluding carboxylic acids is 1. The van der Waals surface area contributed by atoms with Gasteiger partial charge < -0.3 is 15.1 Å². The zero-order valence-corrected chi connectivity index (χ0v) is 16.9. The standard InChI is InChI=1S/C21H21N3O2S.ClH/c22-16-9-8-14-11-24(12-15(14)16)21(25)19-18(13-5-2-1-3-6-13)23-20(27-19)17-7-4-10-26-17;/h1-7,10,14-16H,8-9,11-12,22H2;1H. The molecule has 3 aromatic rings. The molecule has 3 heterocycles. The lowest BCUT2D eigenvalue weighted by Crippen LogP contribution is -2.33. The van der Waals surface area contributed by atoms with Gasteiger partial charge in [-0.2, -0.15) is 0 Å². The fraction of sp³-hybridized carbons (Fsp3) is 0.333. The van der Waals surface area contributed by atoms with Crippen LogP contribution in [0.5, 0.6) is 0 Å². The first kappa shape index (κ1) is 19.2. The third kappa shape index (κ3) is 3.26. The predicted molar refractivity (Wildman–Crippen MR) is 113 cm³/mol. The Hall–Kier alpha value is -2.15. The number of fused-ring (bicyclic) bond motifs is 1. The van der Waals surface area contributed by atoms with Gasteiger partial charge in [-0.3, -0.25) is 4.79 Å². The van der Waals surface area contributed by atoms with Gasteiger partial charge in [0.05, 0.1) is 12.0 Å². The first-order valence-electron chi connectivity index (χ1n) is 9.35. The second-order valence-corrected chi connectivity index (χ2v) is 8.41. The Morgan fingerprint density at radius 3 is 2.68 bits per heavy atom. The number of thiazole rings is 1. The summed E-state index contributed by atoms with van der Waals surface area (Å²) in [5.41, 5.74) is 7.93. The molecule has 3 atom stereocenters. The van der Waals surface area contributed by atoms with E-state index in [9.17, 15) is 4.79 Å². The van der Waals surface area contributed by atoms with Crippen LogP contribution in [0.25, 0.3) is 22.0 Å². The van der Waals surface area contributed by atoms with Gasteiger partial charge in [0, 0.05) is 24.7 Å². The zero-order valence-electron chi connectivity index (χ0n) is 15.3. The minimum absolute atomic E-state index is 0. The number of nitrogens with two attached hydrogens (primary N) is 1. The van der Waals surface area contributed by atoms with Crippen molar-refractivity contribution in [3.05, 3.63) is 53.6 Å². The molecule has 3 unspecified atom stereocenters. The normalized spacial score (nSPS) is 23.5. The molecule has 1 aliphatic heterocycles. The van der Waals surface area contributed by atoms with E-state index < -0.39 is 0 Å². The molecule has 5 nitrogen and oxygen atoms in total. The molecule has 2 fully saturated rings. The Balaban J connectivity index is 0.00000192. The largest absolute Gasteiger partial charge is 0.462 e. The lowest BCUT2D eigenvalue weighted by atomic mass is 9.98. The van der Waals surface area contributed by atoms with E-state index in [0.717, 1.165) is 42.2 Å². The van der Waals surface area contributed by atoms with Crippen molar-refractivity contribution < 1.29 is 9.21 Å². The molecule has 0 spiro atoms. The van der Waals surface area contributed by atoms with Crippen LogP contribution in [-0.4, -0.2) is 34.9 Å². The number of benzene rings is 1.